The number of benzene rings is 1. The molecule has 5 heteroatoms. The van der Waals surface area contributed by atoms with Crippen LogP contribution in [0.5, 0.6) is 0 Å². The summed E-state index contributed by atoms with van der Waals surface area (Å²) < 4.78 is 7.40. The van der Waals surface area contributed by atoms with Crippen molar-refractivity contribution in [2.75, 3.05) is 7.05 Å². The second kappa shape index (κ2) is 5.30. The first-order valence-electron chi connectivity index (χ1n) is 6.44. The summed E-state index contributed by atoms with van der Waals surface area (Å²) in [5.74, 6) is 0.810. The number of aromatic nitrogens is 2. The van der Waals surface area contributed by atoms with Crippen LogP contribution in [0.15, 0.2) is 58.1 Å². The smallest absolute Gasteiger partial charge is 0.253 e. The Morgan fingerprint density at radius 1 is 1.35 bits per heavy atom. The minimum absolute atomic E-state index is 0.0728. The summed E-state index contributed by atoms with van der Waals surface area (Å²) in [5, 5.41) is 4.23. The van der Waals surface area contributed by atoms with E-state index in [1.165, 1.54) is 18.6 Å². The van der Waals surface area contributed by atoms with Gasteiger partial charge < -0.3 is 9.73 Å². The van der Waals surface area contributed by atoms with E-state index in [-0.39, 0.29) is 11.6 Å². The fraction of sp³-hybridized carbons (Fsp3) is 0.200. The summed E-state index contributed by atoms with van der Waals surface area (Å²) in [6.45, 7) is 0.475. The molecule has 5 nitrogen and oxygen atoms in total. The standard InChI is InChI=1S/C15H15N3O2/c1-16-12(9-18-10-17-7-6-15(18)19)14-8-11-4-2-3-5-13(11)20-14/h2-8,10,12,16H,9H2,1H3. The predicted molar refractivity (Wildman–Crippen MR) is 76.5 cm³/mol. The van der Waals surface area contributed by atoms with Gasteiger partial charge in [-0.25, -0.2) is 4.98 Å². The molecule has 0 radical (unpaired) electrons. The molecule has 0 spiro atoms. The maximum Gasteiger partial charge on any atom is 0.253 e. The highest BCUT2D eigenvalue weighted by atomic mass is 16.3. The van der Waals surface area contributed by atoms with E-state index in [2.05, 4.69) is 10.3 Å². The molecule has 1 N–H and O–H groups in total. The zero-order chi connectivity index (χ0) is 13.9. The molecule has 1 unspecified atom stereocenters. The minimum Gasteiger partial charge on any atom is -0.459 e. The number of fused-ring (bicyclic) bond motifs is 1. The third kappa shape index (κ3) is 2.35. The molecule has 1 atom stereocenters. The number of likely N-dealkylation sites (N-methyl/N-ethyl adjacent to an activating group) is 1. The van der Waals surface area contributed by atoms with Crippen molar-refractivity contribution in [1.29, 1.82) is 0 Å². The van der Waals surface area contributed by atoms with Crippen LogP contribution < -0.4 is 10.9 Å². The van der Waals surface area contributed by atoms with Gasteiger partial charge in [0.25, 0.3) is 5.56 Å². The van der Waals surface area contributed by atoms with Gasteiger partial charge in [-0.2, -0.15) is 0 Å². The normalized spacial score (nSPS) is 12.7. The van der Waals surface area contributed by atoms with Crippen LogP contribution in [0.2, 0.25) is 0 Å². The Bertz CT molecular complexity index is 743. The molecule has 3 aromatic rings. The van der Waals surface area contributed by atoms with Gasteiger partial charge in [0.1, 0.15) is 11.3 Å². The second-order valence-corrected chi connectivity index (χ2v) is 4.60. The van der Waals surface area contributed by atoms with Crippen molar-refractivity contribution in [3.63, 3.8) is 0 Å². The van der Waals surface area contributed by atoms with E-state index in [0.29, 0.717) is 6.54 Å². The fourth-order valence-electron chi connectivity index (χ4n) is 2.21. The molecule has 0 bridgehead atoms. The van der Waals surface area contributed by atoms with Crippen molar-refractivity contribution >= 4 is 11.0 Å². The first-order chi connectivity index (χ1) is 9.78. The highest BCUT2D eigenvalue weighted by Crippen LogP contribution is 2.24. The maximum atomic E-state index is 11.7. The Kier molecular flexibility index (Phi) is 3.35. The van der Waals surface area contributed by atoms with Crippen LogP contribution in [0.1, 0.15) is 11.8 Å². The Balaban J connectivity index is 1.93. The number of furan rings is 1. The molecule has 0 amide bonds. The van der Waals surface area contributed by atoms with Crippen LogP contribution in [0, 0.1) is 0 Å². The largest absolute Gasteiger partial charge is 0.459 e. The van der Waals surface area contributed by atoms with Crippen molar-refractivity contribution in [1.82, 2.24) is 14.9 Å². The summed E-state index contributed by atoms with van der Waals surface area (Å²) >= 11 is 0. The van der Waals surface area contributed by atoms with Crippen molar-refractivity contribution in [2.45, 2.75) is 12.6 Å². The minimum atomic E-state index is -0.0794. The Morgan fingerprint density at radius 2 is 2.20 bits per heavy atom. The lowest BCUT2D eigenvalue weighted by atomic mass is 10.2. The van der Waals surface area contributed by atoms with Crippen LogP contribution in [0.25, 0.3) is 11.0 Å². The van der Waals surface area contributed by atoms with E-state index in [4.69, 9.17) is 4.42 Å². The zero-order valence-corrected chi connectivity index (χ0v) is 11.1. The number of rotatable bonds is 4. The van der Waals surface area contributed by atoms with Crippen LogP contribution in [0.4, 0.5) is 0 Å². The van der Waals surface area contributed by atoms with E-state index < -0.39 is 0 Å². The second-order valence-electron chi connectivity index (χ2n) is 4.60. The topological polar surface area (TPSA) is 60.1 Å². The summed E-state index contributed by atoms with van der Waals surface area (Å²) in [6.07, 6.45) is 3.03. The molecule has 1 aromatic carbocycles. The molecule has 0 saturated heterocycles. The predicted octanol–water partition coefficient (Wildman–Crippen LogP) is 1.95. The van der Waals surface area contributed by atoms with Crippen LogP contribution in [-0.4, -0.2) is 16.6 Å². The number of nitrogens with one attached hydrogen (secondary N) is 1. The molecular weight excluding hydrogens is 254 g/mol. The zero-order valence-electron chi connectivity index (χ0n) is 11.1. The van der Waals surface area contributed by atoms with E-state index in [1.807, 2.05) is 37.4 Å². The van der Waals surface area contributed by atoms with E-state index >= 15 is 0 Å². The van der Waals surface area contributed by atoms with Gasteiger partial charge in [-0.15, -0.1) is 0 Å². The Morgan fingerprint density at radius 3 is 2.95 bits per heavy atom. The molecule has 0 aliphatic heterocycles. The van der Waals surface area contributed by atoms with Gasteiger partial charge in [-0.05, 0) is 19.2 Å². The van der Waals surface area contributed by atoms with Gasteiger partial charge >= 0.3 is 0 Å². The molecule has 20 heavy (non-hydrogen) atoms. The highest BCUT2D eigenvalue weighted by molar-refractivity contribution is 5.77. The molecule has 0 fully saturated rings. The van der Waals surface area contributed by atoms with E-state index in [9.17, 15) is 4.79 Å². The first kappa shape index (κ1) is 12.6. The molecular formula is C15H15N3O2. The molecule has 102 valence electrons. The molecule has 2 heterocycles. The Hall–Kier alpha value is -2.40. The maximum absolute atomic E-state index is 11.7. The number of nitrogens with zero attached hydrogens (tertiary/aromatic N) is 2. The van der Waals surface area contributed by atoms with Gasteiger partial charge in [-0.3, -0.25) is 9.36 Å². The van der Waals surface area contributed by atoms with Gasteiger partial charge in [0.2, 0.25) is 0 Å². The number of hydrogen-bond donors (Lipinski definition) is 1. The third-order valence-electron chi connectivity index (χ3n) is 3.31. The van der Waals surface area contributed by atoms with Crippen molar-refractivity contribution in [3.05, 3.63) is 65.0 Å². The Labute approximate surface area is 115 Å². The molecule has 0 aliphatic carbocycles. The van der Waals surface area contributed by atoms with Gasteiger partial charge in [0, 0.05) is 24.2 Å². The van der Waals surface area contributed by atoms with Crippen molar-refractivity contribution in [3.8, 4) is 0 Å². The van der Waals surface area contributed by atoms with Gasteiger partial charge in [0.05, 0.1) is 12.4 Å². The van der Waals surface area contributed by atoms with Crippen molar-refractivity contribution < 1.29 is 4.42 Å². The molecule has 2 aromatic heterocycles. The molecule has 0 saturated carbocycles. The SMILES string of the molecule is CNC(Cn1cnccc1=O)c1cc2ccccc2o1. The summed E-state index contributed by atoms with van der Waals surface area (Å²) in [5.41, 5.74) is 0.776. The molecule has 0 aliphatic rings. The van der Waals surface area contributed by atoms with E-state index in [0.717, 1.165) is 16.7 Å². The van der Waals surface area contributed by atoms with Gasteiger partial charge in [-0.1, -0.05) is 18.2 Å². The van der Waals surface area contributed by atoms with Crippen LogP contribution >= 0.6 is 0 Å². The number of para-hydroxylation sites is 1. The average molecular weight is 269 g/mol. The highest BCUT2D eigenvalue weighted by Gasteiger charge is 2.15. The summed E-state index contributed by atoms with van der Waals surface area (Å²) in [6, 6.07) is 11.2. The monoisotopic (exact) mass is 269 g/mol. The first-order valence-corrected chi connectivity index (χ1v) is 6.44. The summed E-state index contributed by atoms with van der Waals surface area (Å²) in [7, 11) is 1.85. The lowest BCUT2D eigenvalue weighted by Gasteiger charge is -2.14. The fourth-order valence-corrected chi connectivity index (χ4v) is 2.21. The summed E-state index contributed by atoms with van der Waals surface area (Å²) in [4.78, 5) is 15.7. The number of hydrogen-bond acceptors (Lipinski definition) is 4. The van der Waals surface area contributed by atoms with Crippen molar-refractivity contribution in [2.24, 2.45) is 0 Å². The molecule has 3 rings (SSSR count). The lowest BCUT2D eigenvalue weighted by Crippen LogP contribution is -2.28. The quantitative estimate of drug-likeness (QED) is 0.786. The average Bonchev–Trinajstić information content (AvgIpc) is 2.90. The van der Waals surface area contributed by atoms with Crippen LogP contribution in [-0.2, 0) is 6.54 Å². The third-order valence-corrected chi connectivity index (χ3v) is 3.31. The van der Waals surface area contributed by atoms with Gasteiger partial charge in [0.15, 0.2) is 0 Å². The van der Waals surface area contributed by atoms with Crippen LogP contribution in [0.3, 0.4) is 0 Å². The lowest BCUT2D eigenvalue weighted by molar-refractivity contribution is 0.404. The van der Waals surface area contributed by atoms with E-state index in [1.54, 1.807) is 4.57 Å².